The third-order valence-corrected chi connectivity index (χ3v) is 18.1. The predicted molar refractivity (Wildman–Crippen MR) is 361 cm³/mol. The number of unbranched alkanes of at least 4 members (excludes halogenated alkanes) is 59. The zero-order valence-corrected chi connectivity index (χ0v) is 56.0. The van der Waals surface area contributed by atoms with Gasteiger partial charge in [-0.3, -0.25) is 9.59 Å². The molecular weight excluding hydrogens is 1010 g/mol. The van der Waals surface area contributed by atoms with Gasteiger partial charge in [0.05, 0.1) is 25.4 Å². The number of nitrogens with one attached hydrogen (secondary N) is 1. The molecule has 82 heavy (non-hydrogen) atoms. The molecule has 0 rings (SSSR count). The lowest BCUT2D eigenvalue weighted by Gasteiger charge is -2.22. The van der Waals surface area contributed by atoms with E-state index in [2.05, 4.69) is 31.3 Å². The number of aliphatic hydroxyl groups excluding tert-OH is 2. The fourth-order valence-corrected chi connectivity index (χ4v) is 12.3. The van der Waals surface area contributed by atoms with Gasteiger partial charge in [0.2, 0.25) is 5.91 Å². The van der Waals surface area contributed by atoms with Crippen molar-refractivity contribution in [3.63, 3.8) is 0 Å². The van der Waals surface area contributed by atoms with E-state index in [-0.39, 0.29) is 18.5 Å². The number of carbonyl (C=O) groups is 2. The van der Waals surface area contributed by atoms with Gasteiger partial charge in [-0.2, -0.15) is 0 Å². The van der Waals surface area contributed by atoms with Crippen molar-refractivity contribution < 1.29 is 24.5 Å². The second-order valence-corrected chi connectivity index (χ2v) is 26.3. The molecule has 0 saturated carbocycles. The number of rotatable bonds is 72. The van der Waals surface area contributed by atoms with Crippen molar-refractivity contribution >= 4 is 11.9 Å². The van der Waals surface area contributed by atoms with Crippen LogP contribution < -0.4 is 5.32 Å². The van der Waals surface area contributed by atoms with E-state index in [0.717, 1.165) is 38.5 Å². The van der Waals surface area contributed by atoms with Crippen LogP contribution in [0, 0.1) is 0 Å². The van der Waals surface area contributed by atoms with E-state index >= 15 is 0 Å². The maximum atomic E-state index is 12.6. The van der Waals surface area contributed by atoms with Crippen LogP contribution in [-0.2, 0) is 14.3 Å². The van der Waals surface area contributed by atoms with Gasteiger partial charge in [0, 0.05) is 12.8 Å². The number of amides is 1. The predicted octanol–water partition coefficient (Wildman–Crippen LogP) is 24.7. The molecule has 0 aliphatic rings. The molecule has 0 aromatic heterocycles. The molecule has 0 aromatic carbocycles. The van der Waals surface area contributed by atoms with Crippen LogP contribution >= 0.6 is 0 Å². The summed E-state index contributed by atoms with van der Waals surface area (Å²) in [5, 5.41) is 23.5. The summed E-state index contributed by atoms with van der Waals surface area (Å²) >= 11 is 0. The SMILES string of the molecule is CCCCCCCCCCCCCCCCCCCCCCCCCCC(O)C(CO)NC(=O)CCCCCCCCC/C=C\CCCCCCCCCCCCCOC(=O)CCCCCCCCCCCCCCCCCCCCC. The van der Waals surface area contributed by atoms with Crippen LogP contribution in [0.25, 0.3) is 0 Å². The van der Waals surface area contributed by atoms with Gasteiger partial charge in [0.1, 0.15) is 0 Å². The van der Waals surface area contributed by atoms with E-state index in [1.54, 1.807) is 0 Å². The van der Waals surface area contributed by atoms with E-state index in [9.17, 15) is 19.8 Å². The fourth-order valence-electron chi connectivity index (χ4n) is 12.3. The molecule has 488 valence electrons. The van der Waals surface area contributed by atoms with Gasteiger partial charge >= 0.3 is 5.97 Å². The van der Waals surface area contributed by atoms with Crippen LogP contribution in [0.2, 0.25) is 0 Å². The monoisotopic (exact) mass is 1160 g/mol. The second kappa shape index (κ2) is 72.1. The van der Waals surface area contributed by atoms with Crippen LogP contribution in [0.1, 0.15) is 438 Å². The lowest BCUT2D eigenvalue weighted by Crippen LogP contribution is -2.45. The Bertz CT molecular complexity index is 1240. The van der Waals surface area contributed by atoms with Crippen molar-refractivity contribution in [3.05, 3.63) is 12.2 Å². The summed E-state index contributed by atoms with van der Waals surface area (Å²) in [4.78, 5) is 24.7. The minimum Gasteiger partial charge on any atom is -0.466 e. The van der Waals surface area contributed by atoms with Gasteiger partial charge in [-0.25, -0.2) is 0 Å². The highest BCUT2D eigenvalue weighted by molar-refractivity contribution is 5.76. The molecule has 0 saturated heterocycles. The van der Waals surface area contributed by atoms with Crippen molar-refractivity contribution in [1.82, 2.24) is 5.32 Å². The van der Waals surface area contributed by atoms with Gasteiger partial charge in [-0.1, -0.05) is 386 Å². The highest BCUT2D eigenvalue weighted by atomic mass is 16.5. The number of aliphatic hydroxyl groups is 2. The summed E-state index contributed by atoms with van der Waals surface area (Å²) in [7, 11) is 0. The van der Waals surface area contributed by atoms with Crippen LogP contribution in [0.3, 0.4) is 0 Å². The van der Waals surface area contributed by atoms with Crippen molar-refractivity contribution in [3.8, 4) is 0 Å². The minimum absolute atomic E-state index is 0.0163. The Morgan fingerprint density at radius 1 is 0.329 bits per heavy atom. The number of hydrogen-bond donors (Lipinski definition) is 3. The number of hydrogen-bond acceptors (Lipinski definition) is 5. The Labute approximate surface area is 514 Å². The summed E-state index contributed by atoms with van der Waals surface area (Å²) in [6.45, 7) is 5.00. The zero-order chi connectivity index (χ0) is 59.2. The van der Waals surface area contributed by atoms with Crippen LogP contribution in [0.5, 0.6) is 0 Å². The molecule has 0 spiro atoms. The van der Waals surface area contributed by atoms with Crippen molar-refractivity contribution in [1.29, 1.82) is 0 Å². The van der Waals surface area contributed by atoms with Crippen LogP contribution in [-0.4, -0.2) is 47.4 Å². The van der Waals surface area contributed by atoms with Crippen molar-refractivity contribution in [2.24, 2.45) is 0 Å². The molecule has 0 radical (unpaired) electrons. The summed E-state index contributed by atoms with van der Waals surface area (Å²) in [5.41, 5.74) is 0. The van der Waals surface area contributed by atoms with E-state index in [4.69, 9.17) is 4.74 Å². The van der Waals surface area contributed by atoms with E-state index in [1.807, 2.05) is 0 Å². The van der Waals surface area contributed by atoms with Gasteiger partial charge in [0.25, 0.3) is 0 Å². The third-order valence-electron chi connectivity index (χ3n) is 18.1. The molecule has 0 bridgehead atoms. The van der Waals surface area contributed by atoms with Crippen molar-refractivity contribution in [2.45, 2.75) is 450 Å². The smallest absolute Gasteiger partial charge is 0.305 e. The lowest BCUT2D eigenvalue weighted by molar-refractivity contribution is -0.143. The molecule has 3 N–H and O–H groups in total. The topological polar surface area (TPSA) is 95.9 Å². The molecule has 0 heterocycles. The average Bonchev–Trinajstić information content (AvgIpc) is 3.48. The first-order chi connectivity index (χ1) is 40.5. The zero-order valence-electron chi connectivity index (χ0n) is 56.0. The summed E-state index contributed by atoms with van der Waals surface area (Å²) in [6, 6.07) is -0.548. The first kappa shape index (κ1) is 80.6. The summed E-state index contributed by atoms with van der Waals surface area (Å²) in [6.07, 6.45) is 89.9. The van der Waals surface area contributed by atoms with Gasteiger partial charge in [-0.15, -0.1) is 0 Å². The molecule has 1 amide bonds. The molecule has 0 aromatic rings. The molecule has 0 fully saturated rings. The lowest BCUT2D eigenvalue weighted by atomic mass is 10.0. The highest BCUT2D eigenvalue weighted by Gasteiger charge is 2.20. The minimum atomic E-state index is -0.670. The summed E-state index contributed by atoms with van der Waals surface area (Å²) < 4.78 is 5.51. The second-order valence-electron chi connectivity index (χ2n) is 26.3. The Morgan fingerprint density at radius 2 is 0.573 bits per heavy atom. The van der Waals surface area contributed by atoms with E-state index in [1.165, 1.54) is 366 Å². The number of carbonyl (C=O) groups excluding carboxylic acids is 2. The van der Waals surface area contributed by atoms with Crippen LogP contribution in [0.4, 0.5) is 0 Å². The fraction of sp³-hybridized carbons (Fsp3) is 0.947. The Balaban J connectivity index is 3.39. The van der Waals surface area contributed by atoms with Gasteiger partial charge in [0.15, 0.2) is 0 Å². The normalized spacial score (nSPS) is 12.5. The van der Waals surface area contributed by atoms with Gasteiger partial charge < -0.3 is 20.3 Å². The Kier molecular flexibility index (Phi) is 70.8. The first-order valence-electron chi connectivity index (χ1n) is 37.9. The Hall–Kier alpha value is -1.40. The van der Waals surface area contributed by atoms with Crippen molar-refractivity contribution in [2.75, 3.05) is 13.2 Å². The quantitative estimate of drug-likeness (QED) is 0.0320. The largest absolute Gasteiger partial charge is 0.466 e. The number of ether oxygens (including phenoxy) is 1. The Morgan fingerprint density at radius 3 is 0.866 bits per heavy atom. The molecule has 2 unspecified atom stereocenters. The number of allylic oxidation sites excluding steroid dienone is 2. The maximum absolute atomic E-state index is 12.6. The molecule has 2 atom stereocenters. The highest BCUT2D eigenvalue weighted by Crippen LogP contribution is 2.20. The molecule has 6 nitrogen and oxygen atoms in total. The third kappa shape index (κ3) is 67.7. The molecule has 0 aliphatic carbocycles. The maximum Gasteiger partial charge on any atom is 0.305 e. The standard InChI is InChI=1S/C76H149NO5/c1-3-5-7-9-11-13-15-17-19-21-23-24-25-26-29-33-36-40-44-48-52-56-60-64-68-74(79)73(72-78)77-75(80)69-65-61-57-53-49-45-41-37-34-30-27-28-31-35-39-43-47-51-55-59-63-67-71-82-76(81)70-66-62-58-54-50-46-42-38-32-22-20-18-16-14-12-10-8-6-4-2/h30,34,73-74,78-79H,3-29,31-33,35-72H2,1-2H3,(H,77,80)/b34-30-. The molecular formula is C76H149NO5. The molecule has 6 heteroatoms. The number of esters is 1. The van der Waals surface area contributed by atoms with Crippen LogP contribution in [0.15, 0.2) is 12.2 Å². The van der Waals surface area contributed by atoms with Gasteiger partial charge in [-0.05, 0) is 51.4 Å². The van der Waals surface area contributed by atoms with E-state index in [0.29, 0.717) is 25.9 Å². The summed E-state index contributed by atoms with van der Waals surface area (Å²) in [5.74, 6) is -0.0199. The van der Waals surface area contributed by atoms with E-state index < -0.39 is 12.1 Å². The average molecular weight is 1160 g/mol. The first-order valence-corrected chi connectivity index (χ1v) is 37.9. The molecule has 0 aliphatic heterocycles.